The van der Waals surface area contributed by atoms with Gasteiger partial charge in [-0.05, 0) is 67.3 Å². The maximum atomic E-state index is 14.2. The summed E-state index contributed by atoms with van der Waals surface area (Å²) < 4.78 is 13.1. The van der Waals surface area contributed by atoms with Crippen molar-refractivity contribution >= 4 is 37.6 Å². The Kier molecular flexibility index (Phi) is 5.69. The molecule has 5 rings (SSSR count). The molecule has 31 heavy (non-hydrogen) atoms. The number of Topliss-reactive ketones (excluding diaryl/α,β-unsaturated/α-hetero) is 1. The first kappa shape index (κ1) is 20.5. The Hall–Kier alpha value is -2.41. The molecule has 4 nitrogen and oxygen atoms in total. The van der Waals surface area contributed by atoms with E-state index in [1.54, 1.807) is 0 Å². The van der Waals surface area contributed by atoms with E-state index in [1.165, 1.54) is 0 Å². The number of rotatable bonds is 4. The van der Waals surface area contributed by atoms with Crippen LogP contribution in [0.3, 0.4) is 0 Å². The topological polar surface area (TPSA) is 55.4 Å². The van der Waals surface area contributed by atoms with Crippen molar-refractivity contribution in [2.24, 2.45) is 0 Å². The number of hydrogen-bond acceptors (Lipinski definition) is 4. The quantitative estimate of drug-likeness (QED) is 0.305. The lowest BCUT2D eigenvalue weighted by Gasteiger charge is -2.40. The molecule has 1 aliphatic heterocycles. The summed E-state index contributed by atoms with van der Waals surface area (Å²) in [6, 6.07) is 26.6. The number of carbonyl (C=O) groups excluding carboxylic acids is 1. The summed E-state index contributed by atoms with van der Waals surface area (Å²) in [5.74, 6) is 0.733. The van der Waals surface area contributed by atoms with Crippen LogP contribution < -0.4 is 5.32 Å². The van der Waals surface area contributed by atoms with Crippen molar-refractivity contribution in [3.05, 3.63) is 117 Å². The van der Waals surface area contributed by atoms with Gasteiger partial charge in [-0.25, -0.2) is 0 Å². The first-order valence-corrected chi connectivity index (χ1v) is 11.6. The average molecular weight is 541 g/mol. The molecule has 0 unspecified atom stereocenters. The maximum Gasteiger partial charge on any atom is 0.169 e. The lowest BCUT2D eigenvalue weighted by Crippen LogP contribution is -2.46. The minimum absolute atomic E-state index is 0.131. The third-order valence-electron chi connectivity index (χ3n) is 5.76. The molecule has 2 aromatic carbocycles. The summed E-state index contributed by atoms with van der Waals surface area (Å²) in [6.45, 7) is 0. The van der Waals surface area contributed by atoms with E-state index < -0.39 is 11.8 Å². The number of hydrogen-bond donors (Lipinski definition) is 1. The van der Waals surface area contributed by atoms with Crippen molar-refractivity contribution in [3.8, 4) is 0 Å². The Morgan fingerprint density at radius 1 is 0.613 bits per heavy atom. The normalized spacial score (nSPS) is 23.7. The molecule has 156 valence electrons. The van der Waals surface area contributed by atoms with E-state index in [2.05, 4.69) is 37.2 Å². The smallest absolute Gasteiger partial charge is 0.169 e. The van der Waals surface area contributed by atoms with E-state index in [0.717, 1.165) is 11.1 Å². The van der Waals surface area contributed by atoms with Gasteiger partial charge in [0.15, 0.2) is 15.1 Å². The third kappa shape index (κ3) is 3.95. The zero-order valence-corrected chi connectivity index (χ0v) is 19.5. The summed E-state index contributed by atoms with van der Waals surface area (Å²) in [5, 5.41) is 3.69. The van der Waals surface area contributed by atoms with Gasteiger partial charge in [0, 0.05) is 0 Å². The highest BCUT2D eigenvalue weighted by molar-refractivity contribution is 9.10. The lowest BCUT2D eigenvalue weighted by molar-refractivity contribution is -0.126. The van der Waals surface area contributed by atoms with Crippen LogP contribution in [-0.2, 0) is 4.79 Å². The second-order valence-corrected chi connectivity index (χ2v) is 9.15. The lowest BCUT2D eigenvalue weighted by atomic mass is 9.71. The van der Waals surface area contributed by atoms with Crippen LogP contribution in [0.4, 0.5) is 0 Å². The molecule has 1 aliphatic rings. The standard InChI is InChI=1S/C25H19Br2NO3/c26-19-13-11-17(30-19)23-21(15-7-3-1-4-8-15)25(29)22(16-9-5-2-6-10-16)24(28-23)18-12-14-20(27)31-18/h1-14,21-24,28H/t21-,22+,23-,24-/m0/s1. The van der Waals surface area contributed by atoms with Gasteiger partial charge in [-0.3, -0.25) is 10.1 Å². The molecular formula is C25H19Br2NO3. The van der Waals surface area contributed by atoms with Gasteiger partial charge >= 0.3 is 0 Å². The molecule has 0 spiro atoms. The molecule has 0 amide bonds. The second kappa shape index (κ2) is 8.61. The van der Waals surface area contributed by atoms with Crippen molar-refractivity contribution in [2.75, 3.05) is 0 Å². The fourth-order valence-electron chi connectivity index (χ4n) is 4.43. The SMILES string of the molecule is O=C1[C@H](c2ccccc2)[C@H](c2ccc(Br)o2)N[C@@H](c2ccc(Br)o2)[C@@H]1c1ccccc1. The first-order chi connectivity index (χ1) is 15.1. The van der Waals surface area contributed by atoms with Crippen LogP contribution in [0.15, 0.2) is 103 Å². The number of ketones is 1. The van der Waals surface area contributed by atoms with Crippen molar-refractivity contribution < 1.29 is 13.6 Å². The summed E-state index contributed by atoms with van der Waals surface area (Å²) in [6.07, 6.45) is 0. The number of furan rings is 2. The molecule has 0 saturated carbocycles. The van der Waals surface area contributed by atoms with Crippen LogP contribution in [0.25, 0.3) is 0 Å². The Morgan fingerprint density at radius 2 is 1.03 bits per heavy atom. The molecule has 1 fully saturated rings. The molecule has 4 atom stereocenters. The highest BCUT2D eigenvalue weighted by Crippen LogP contribution is 2.48. The molecule has 4 aromatic rings. The van der Waals surface area contributed by atoms with Gasteiger partial charge < -0.3 is 8.83 Å². The molecule has 2 aromatic heterocycles. The summed E-state index contributed by atoms with van der Waals surface area (Å²) in [4.78, 5) is 14.2. The van der Waals surface area contributed by atoms with E-state index in [4.69, 9.17) is 8.83 Å². The van der Waals surface area contributed by atoms with Gasteiger partial charge in [0.25, 0.3) is 0 Å². The molecule has 3 heterocycles. The van der Waals surface area contributed by atoms with Gasteiger partial charge in [0.2, 0.25) is 0 Å². The van der Waals surface area contributed by atoms with Gasteiger partial charge in [0.05, 0.1) is 23.9 Å². The molecule has 6 heteroatoms. The van der Waals surface area contributed by atoms with Crippen LogP contribution in [0, 0.1) is 0 Å². The molecule has 0 radical (unpaired) electrons. The number of piperidine rings is 1. The van der Waals surface area contributed by atoms with E-state index in [1.807, 2.05) is 84.9 Å². The van der Waals surface area contributed by atoms with Crippen molar-refractivity contribution in [1.82, 2.24) is 5.32 Å². The average Bonchev–Trinajstić information content (AvgIpc) is 3.42. The predicted molar refractivity (Wildman–Crippen MR) is 125 cm³/mol. The van der Waals surface area contributed by atoms with Crippen molar-refractivity contribution in [1.29, 1.82) is 0 Å². The van der Waals surface area contributed by atoms with Crippen LogP contribution >= 0.6 is 31.9 Å². The van der Waals surface area contributed by atoms with E-state index in [9.17, 15) is 4.79 Å². The van der Waals surface area contributed by atoms with Gasteiger partial charge in [-0.2, -0.15) is 0 Å². The second-order valence-electron chi connectivity index (χ2n) is 7.58. The van der Waals surface area contributed by atoms with E-state index in [0.29, 0.717) is 20.9 Å². The Balaban J connectivity index is 1.66. The van der Waals surface area contributed by atoms with Crippen LogP contribution in [-0.4, -0.2) is 5.78 Å². The minimum Gasteiger partial charge on any atom is -0.453 e. The highest BCUT2D eigenvalue weighted by atomic mass is 79.9. The molecule has 0 aliphatic carbocycles. The number of halogens is 2. The number of benzene rings is 2. The third-order valence-corrected chi connectivity index (χ3v) is 6.61. The first-order valence-electron chi connectivity index (χ1n) is 10.0. The van der Waals surface area contributed by atoms with E-state index in [-0.39, 0.29) is 17.9 Å². The molecular weight excluding hydrogens is 522 g/mol. The Labute approximate surface area is 196 Å². The van der Waals surface area contributed by atoms with Crippen molar-refractivity contribution in [3.63, 3.8) is 0 Å². The monoisotopic (exact) mass is 539 g/mol. The summed E-state index contributed by atoms with van der Waals surface area (Å²) in [5.41, 5.74) is 1.91. The minimum atomic E-state index is -0.404. The zero-order chi connectivity index (χ0) is 21.4. The van der Waals surface area contributed by atoms with Crippen LogP contribution in [0.2, 0.25) is 0 Å². The number of carbonyl (C=O) groups is 1. The predicted octanol–water partition coefficient (Wildman–Crippen LogP) is 6.92. The molecule has 1 saturated heterocycles. The van der Waals surface area contributed by atoms with Gasteiger partial charge in [-0.15, -0.1) is 0 Å². The molecule has 0 bridgehead atoms. The van der Waals surface area contributed by atoms with Gasteiger partial charge in [-0.1, -0.05) is 60.7 Å². The molecule has 1 N–H and O–H groups in total. The fourth-order valence-corrected chi connectivity index (χ4v) is 5.06. The van der Waals surface area contributed by atoms with Crippen LogP contribution in [0.1, 0.15) is 46.6 Å². The van der Waals surface area contributed by atoms with Crippen molar-refractivity contribution in [2.45, 2.75) is 23.9 Å². The maximum absolute atomic E-state index is 14.2. The number of nitrogens with one attached hydrogen (secondary N) is 1. The largest absolute Gasteiger partial charge is 0.453 e. The summed E-state index contributed by atoms with van der Waals surface area (Å²) in [7, 11) is 0. The summed E-state index contributed by atoms with van der Waals surface area (Å²) >= 11 is 6.80. The fraction of sp³-hybridized carbons (Fsp3) is 0.160. The highest BCUT2D eigenvalue weighted by Gasteiger charge is 2.48. The van der Waals surface area contributed by atoms with E-state index >= 15 is 0 Å². The van der Waals surface area contributed by atoms with Crippen LogP contribution in [0.5, 0.6) is 0 Å². The van der Waals surface area contributed by atoms with Gasteiger partial charge in [0.1, 0.15) is 11.5 Å². The Morgan fingerprint density at radius 3 is 1.39 bits per heavy atom. The zero-order valence-electron chi connectivity index (χ0n) is 16.4. The Bertz CT molecular complexity index is 1090.